The molecule has 0 atom stereocenters. The van der Waals surface area contributed by atoms with E-state index in [1.807, 2.05) is 30.0 Å². The molecule has 0 aliphatic carbocycles. The Morgan fingerprint density at radius 1 is 1.08 bits per heavy atom. The summed E-state index contributed by atoms with van der Waals surface area (Å²) in [7, 11) is 0. The molecule has 4 rings (SSSR count). The topological polar surface area (TPSA) is 46.1 Å². The van der Waals surface area contributed by atoms with Crippen molar-refractivity contribution < 1.29 is 4.79 Å². The fourth-order valence-electron chi connectivity index (χ4n) is 3.29. The summed E-state index contributed by atoms with van der Waals surface area (Å²) in [6, 6.07) is 12.2. The highest BCUT2D eigenvalue weighted by Gasteiger charge is 2.28. The number of hydrogen-bond donors (Lipinski definition) is 0. The van der Waals surface area contributed by atoms with Crippen molar-refractivity contribution >= 4 is 17.5 Å². The van der Waals surface area contributed by atoms with E-state index in [2.05, 4.69) is 35.1 Å². The molecule has 0 unspecified atom stereocenters. The summed E-state index contributed by atoms with van der Waals surface area (Å²) in [6.07, 6.45) is 3.46. The molecule has 0 saturated carbocycles. The minimum atomic E-state index is 0.00148. The molecule has 1 aromatic carbocycles. The summed E-state index contributed by atoms with van der Waals surface area (Å²) in [5.74, 6) is 0.00148. The number of amides is 1. The van der Waals surface area contributed by atoms with Gasteiger partial charge in [0.05, 0.1) is 0 Å². The molecule has 0 spiro atoms. The third kappa shape index (κ3) is 2.97. The van der Waals surface area contributed by atoms with E-state index >= 15 is 0 Å². The molecule has 130 valence electrons. The number of pyridine rings is 2. The molecular weight excluding hydrogens is 346 g/mol. The maximum absolute atomic E-state index is 12.5. The van der Waals surface area contributed by atoms with Crippen LogP contribution in [0.1, 0.15) is 32.7 Å². The van der Waals surface area contributed by atoms with Crippen molar-refractivity contribution in [3.05, 3.63) is 81.9 Å². The number of aryl methyl sites for hydroxylation is 2. The predicted molar refractivity (Wildman–Crippen MR) is 102 cm³/mol. The van der Waals surface area contributed by atoms with Crippen LogP contribution in [0.15, 0.2) is 48.8 Å². The van der Waals surface area contributed by atoms with E-state index in [4.69, 9.17) is 11.6 Å². The van der Waals surface area contributed by atoms with Crippen LogP contribution in [-0.4, -0.2) is 20.8 Å². The monoisotopic (exact) mass is 363 g/mol. The second-order valence-electron chi connectivity index (χ2n) is 6.65. The summed E-state index contributed by atoms with van der Waals surface area (Å²) in [4.78, 5) is 22.8. The molecule has 1 aliphatic heterocycles. The fraction of sp³-hybridized carbons (Fsp3) is 0.190. The number of aromatic nitrogens is 2. The second kappa shape index (κ2) is 6.54. The summed E-state index contributed by atoms with van der Waals surface area (Å²) < 4.78 is 0. The number of carbonyl (C=O) groups excluding carboxylic acids is 1. The van der Waals surface area contributed by atoms with Crippen LogP contribution in [0.4, 0.5) is 0 Å². The Kier molecular flexibility index (Phi) is 4.21. The number of fused-ring (bicyclic) bond motifs is 1. The second-order valence-corrected chi connectivity index (χ2v) is 7.00. The lowest BCUT2D eigenvalue weighted by Crippen LogP contribution is -2.24. The lowest BCUT2D eigenvalue weighted by atomic mass is 10.00. The molecule has 26 heavy (non-hydrogen) atoms. The van der Waals surface area contributed by atoms with Crippen LogP contribution in [0.3, 0.4) is 0 Å². The van der Waals surface area contributed by atoms with Crippen molar-refractivity contribution in [1.82, 2.24) is 14.9 Å². The lowest BCUT2D eigenvalue weighted by Gasteiger charge is -2.17. The van der Waals surface area contributed by atoms with Crippen LogP contribution < -0.4 is 0 Å². The molecule has 0 fully saturated rings. The van der Waals surface area contributed by atoms with Gasteiger partial charge in [0.2, 0.25) is 0 Å². The quantitative estimate of drug-likeness (QED) is 0.640. The summed E-state index contributed by atoms with van der Waals surface area (Å²) in [5, 5.41) is 0.530. The van der Waals surface area contributed by atoms with Gasteiger partial charge in [-0.2, -0.15) is 0 Å². The molecular formula is C21H18ClN3O. The van der Waals surface area contributed by atoms with Crippen molar-refractivity contribution in [2.24, 2.45) is 0 Å². The highest BCUT2D eigenvalue weighted by molar-refractivity contribution is 6.30. The van der Waals surface area contributed by atoms with Crippen LogP contribution in [0.5, 0.6) is 0 Å². The van der Waals surface area contributed by atoms with Gasteiger partial charge in [0.15, 0.2) is 0 Å². The first-order valence-corrected chi connectivity index (χ1v) is 8.86. The summed E-state index contributed by atoms with van der Waals surface area (Å²) in [6.45, 7) is 5.22. The number of rotatable bonds is 3. The average Bonchev–Trinajstić information content (AvgIpc) is 2.95. The molecule has 2 aromatic heterocycles. The maximum Gasteiger partial charge on any atom is 0.273 e. The van der Waals surface area contributed by atoms with E-state index in [1.54, 1.807) is 12.4 Å². The largest absolute Gasteiger partial charge is 0.329 e. The van der Waals surface area contributed by atoms with Gasteiger partial charge in [0, 0.05) is 36.6 Å². The van der Waals surface area contributed by atoms with Gasteiger partial charge in [-0.25, -0.2) is 4.98 Å². The van der Waals surface area contributed by atoms with E-state index < -0.39 is 0 Å². The number of benzene rings is 1. The maximum atomic E-state index is 12.5. The summed E-state index contributed by atoms with van der Waals surface area (Å²) >= 11 is 6.02. The molecule has 0 saturated heterocycles. The minimum absolute atomic E-state index is 0.00148. The van der Waals surface area contributed by atoms with E-state index in [0.29, 0.717) is 23.9 Å². The van der Waals surface area contributed by atoms with Crippen LogP contribution in [0.2, 0.25) is 5.15 Å². The molecule has 3 aromatic rings. The van der Waals surface area contributed by atoms with Gasteiger partial charge >= 0.3 is 0 Å². The molecule has 0 bridgehead atoms. The zero-order chi connectivity index (χ0) is 18.3. The van der Waals surface area contributed by atoms with Crippen LogP contribution in [0, 0.1) is 13.8 Å². The molecule has 4 nitrogen and oxygen atoms in total. The Morgan fingerprint density at radius 3 is 2.62 bits per heavy atom. The van der Waals surface area contributed by atoms with Gasteiger partial charge in [-0.3, -0.25) is 9.78 Å². The standard InChI is InChI=1S/C21H18ClN3O/c1-13-8-15(18-9-14(2)20(22)24-10-18)5-6-16(13)11-25-12-17-4-3-7-23-19(17)21(25)26/h3-10H,11-12H2,1-2H3. The van der Waals surface area contributed by atoms with Gasteiger partial charge in [-0.1, -0.05) is 35.9 Å². The van der Waals surface area contributed by atoms with Gasteiger partial charge in [0.1, 0.15) is 10.8 Å². The van der Waals surface area contributed by atoms with Crippen LogP contribution >= 0.6 is 11.6 Å². The van der Waals surface area contributed by atoms with Gasteiger partial charge in [0.25, 0.3) is 5.91 Å². The predicted octanol–water partition coefficient (Wildman–Crippen LogP) is 4.57. The Labute approximate surface area is 157 Å². The highest BCUT2D eigenvalue weighted by Crippen LogP contribution is 2.27. The number of nitrogens with zero attached hydrogens (tertiary/aromatic N) is 3. The number of halogens is 1. The molecule has 5 heteroatoms. The molecule has 0 radical (unpaired) electrons. The molecule has 1 amide bonds. The molecule has 3 heterocycles. The number of carbonyl (C=O) groups is 1. The average molecular weight is 364 g/mol. The highest BCUT2D eigenvalue weighted by atomic mass is 35.5. The van der Waals surface area contributed by atoms with Gasteiger partial charge < -0.3 is 4.90 Å². The van der Waals surface area contributed by atoms with Crippen LogP contribution in [0.25, 0.3) is 11.1 Å². The fourth-order valence-corrected chi connectivity index (χ4v) is 3.39. The van der Waals surface area contributed by atoms with E-state index in [9.17, 15) is 4.79 Å². The number of hydrogen-bond acceptors (Lipinski definition) is 3. The SMILES string of the molecule is Cc1cc(-c2cnc(Cl)c(C)c2)ccc1CN1Cc2cccnc2C1=O. The first kappa shape index (κ1) is 16.7. The Morgan fingerprint density at radius 2 is 1.88 bits per heavy atom. The minimum Gasteiger partial charge on any atom is -0.329 e. The lowest BCUT2D eigenvalue weighted by molar-refractivity contribution is 0.0762. The van der Waals surface area contributed by atoms with Crippen molar-refractivity contribution in [2.45, 2.75) is 26.9 Å². The third-order valence-corrected chi connectivity index (χ3v) is 5.19. The Bertz CT molecular complexity index is 1020. The summed E-state index contributed by atoms with van der Waals surface area (Å²) in [5.41, 5.74) is 6.93. The Balaban J connectivity index is 1.58. The van der Waals surface area contributed by atoms with E-state index in [0.717, 1.165) is 33.4 Å². The van der Waals surface area contributed by atoms with Crippen molar-refractivity contribution in [1.29, 1.82) is 0 Å². The van der Waals surface area contributed by atoms with Crippen molar-refractivity contribution in [2.75, 3.05) is 0 Å². The zero-order valence-electron chi connectivity index (χ0n) is 14.7. The Hall–Kier alpha value is -2.72. The third-order valence-electron chi connectivity index (χ3n) is 4.79. The smallest absolute Gasteiger partial charge is 0.273 e. The van der Waals surface area contributed by atoms with E-state index in [-0.39, 0.29) is 5.91 Å². The first-order chi connectivity index (χ1) is 12.5. The van der Waals surface area contributed by atoms with Crippen molar-refractivity contribution in [3.63, 3.8) is 0 Å². The van der Waals surface area contributed by atoms with Gasteiger partial charge in [-0.05, 0) is 48.2 Å². The molecule has 0 N–H and O–H groups in total. The van der Waals surface area contributed by atoms with E-state index in [1.165, 1.54) is 0 Å². The van der Waals surface area contributed by atoms with Gasteiger partial charge in [-0.15, -0.1) is 0 Å². The first-order valence-electron chi connectivity index (χ1n) is 8.48. The normalized spacial score (nSPS) is 13.2. The van der Waals surface area contributed by atoms with Crippen molar-refractivity contribution in [3.8, 4) is 11.1 Å². The van der Waals surface area contributed by atoms with Crippen LogP contribution in [-0.2, 0) is 13.1 Å². The molecule has 1 aliphatic rings. The zero-order valence-corrected chi connectivity index (χ0v) is 15.4.